The second-order valence-corrected chi connectivity index (χ2v) is 10.4. The summed E-state index contributed by atoms with van der Waals surface area (Å²) in [4.78, 5) is 49.3. The van der Waals surface area contributed by atoms with E-state index < -0.39 is 0 Å². The van der Waals surface area contributed by atoms with E-state index in [-0.39, 0.29) is 23.7 Å². The summed E-state index contributed by atoms with van der Waals surface area (Å²) in [5.41, 5.74) is 0.558. The lowest BCUT2D eigenvalue weighted by atomic mass is 10.2. The van der Waals surface area contributed by atoms with Gasteiger partial charge in [-0.25, -0.2) is 9.78 Å². The Hall–Kier alpha value is -2.96. The van der Waals surface area contributed by atoms with Crippen LogP contribution in [0.1, 0.15) is 25.3 Å². The number of hydrogen-bond donors (Lipinski definition) is 0. The van der Waals surface area contributed by atoms with Gasteiger partial charge in [0.15, 0.2) is 0 Å². The van der Waals surface area contributed by atoms with Crippen molar-refractivity contribution in [3.8, 4) is 0 Å². The molecular weight excluding hydrogens is 502 g/mol. The van der Waals surface area contributed by atoms with Crippen LogP contribution in [-0.2, 0) is 14.3 Å². The highest BCUT2D eigenvalue weighted by molar-refractivity contribution is 8.26. The maximum absolute atomic E-state index is 13.6. The Morgan fingerprint density at radius 2 is 2.08 bits per heavy atom. The quantitative estimate of drug-likeness (QED) is 0.427. The first-order valence-electron chi connectivity index (χ1n) is 12.0. The van der Waals surface area contributed by atoms with Crippen LogP contribution in [0.15, 0.2) is 34.1 Å². The van der Waals surface area contributed by atoms with Crippen molar-refractivity contribution in [2.75, 3.05) is 50.8 Å². The molecule has 3 aliphatic rings. The van der Waals surface area contributed by atoms with E-state index in [0.717, 1.165) is 12.8 Å². The molecule has 36 heavy (non-hydrogen) atoms. The number of amides is 2. The Morgan fingerprint density at radius 3 is 2.81 bits per heavy atom. The van der Waals surface area contributed by atoms with Gasteiger partial charge < -0.3 is 19.3 Å². The fraction of sp³-hybridized carbons (Fsp3) is 0.458. The molecule has 0 saturated carbocycles. The van der Waals surface area contributed by atoms with E-state index in [4.69, 9.17) is 26.7 Å². The first-order chi connectivity index (χ1) is 17.5. The molecule has 5 heterocycles. The van der Waals surface area contributed by atoms with Crippen molar-refractivity contribution < 1.29 is 19.1 Å². The highest BCUT2D eigenvalue weighted by Crippen LogP contribution is 2.34. The third-order valence-electron chi connectivity index (χ3n) is 6.41. The van der Waals surface area contributed by atoms with Gasteiger partial charge in [0.2, 0.25) is 0 Å². The molecule has 0 radical (unpaired) electrons. The van der Waals surface area contributed by atoms with E-state index in [9.17, 15) is 14.4 Å². The Morgan fingerprint density at radius 1 is 1.28 bits per heavy atom. The van der Waals surface area contributed by atoms with Crippen LogP contribution in [-0.4, -0.2) is 87.5 Å². The molecule has 2 aromatic heterocycles. The summed E-state index contributed by atoms with van der Waals surface area (Å²) in [6.45, 7) is 5.05. The molecule has 0 N–H and O–H groups in total. The van der Waals surface area contributed by atoms with Crippen molar-refractivity contribution in [1.82, 2.24) is 19.2 Å². The van der Waals surface area contributed by atoms with E-state index in [1.165, 1.54) is 16.2 Å². The van der Waals surface area contributed by atoms with Gasteiger partial charge in [0.25, 0.3) is 11.5 Å². The summed E-state index contributed by atoms with van der Waals surface area (Å²) < 4.78 is 12.7. The van der Waals surface area contributed by atoms with Crippen molar-refractivity contribution >= 4 is 57.8 Å². The molecule has 5 rings (SSSR count). The van der Waals surface area contributed by atoms with Crippen LogP contribution in [0.3, 0.4) is 0 Å². The topological polar surface area (TPSA) is 96.7 Å². The highest BCUT2D eigenvalue weighted by Gasteiger charge is 2.35. The maximum atomic E-state index is 13.6. The van der Waals surface area contributed by atoms with Gasteiger partial charge in [-0.1, -0.05) is 30.0 Å². The first-order valence-corrected chi connectivity index (χ1v) is 13.2. The number of nitrogens with zero attached hydrogens (tertiary/aromatic N) is 5. The number of ether oxygens (including phenoxy) is 2. The average Bonchev–Trinajstić information content (AvgIpc) is 3.50. The maximum Gasteiger partial charge on any atom is 0.409 e. The van der Waals surface area contributed by atoms with Crippen LogP contribution in [0.5, 0.6) is 0 Å². The summed E-state index contributed by atoms with van der Waals surface area (Å²) in [6, 6.07) is 5.35. The largest absolute Gasteiger partial charge is 0.450 e. The van der Waals surface area contributed by atoms with Crippen molar-refractivity contribution in [2.45, 2.75) is 25.9 Å². The lowest BCUT2D eigenvalue weighted by molar-refractivity contribution is -0.123. The SMILES string of the molecule is CCOC(=O)N1CCN(c2nc3ccccn3c(=O)c2C=C2SC(=S)N(CC3CCCO3)C2=O)CC1. The van der Waals surface area contributed by atoms with Crippen LogP contribution < -0.4 is 10.5 Å². The van der Waals surface area contributed by atoms with Gasteiger partial charge in [-0.2, -0.15) is 0 Å². The normalized spacial score (nSPS) is 21.8. The Labute approximate surface area is 217 Å². The number of carbonyl (C=O) groups excluding carboxylic acids is 2. The molecule has 1 unspecified atom stereocenters. The fourth-order valence-corrected chi connectivity index (χ4v) is 5.81. The second kappa shape index (κ2) is 10.6. The lowest BCUT2D eigenvalue weighted by Crippen LogP contribution is -2.49. The Kier molecular flexibility index (Phi) is 7.26. The molecule has 1 atom stereocenters. The second-order valence-electron chi connectivity index (χ2n) is 8.68. The van der Waals surface area contributed by atoms with Crippen LogP contribution in [0.25, 0.3) is 11.7 Å². The third kappa shape index (κ3) is 4.84. The molecule has 2 aromatic rings. The monoisotopic (exact) mass is 529 g/mol. The predicted octanol–water partition coefficient (Wildman–Crippen LogP) is 2.35. The van der Waals surface area contributed by atoms with E-state index >= 15 is 0 Å². The van der Waals surface area contributed by atoms with Crippen LogP contribution in [0.2, 0.25) is 0 Å². The number of piperazine rings is 1. The summed E-state index contributed by atoms with van der Waals surface area (Å²) in [7, 11) is 0. The summed E-state index contributed by atoms with van der Waals surface area (Å²) >= 11 is 6.67. The highest BCUT2D eigenvalue weighted by atomic mass is 32.2. The Balaban J connectivity index is 1.47. The third-order valence-corrected chi connectivity index (χ3v) is 7.79. The molecule has 0 aromatic carbocycles. The number of hydrogen-bond acceptors (Lipinski definition) is 9. The minimum Gasteiger partial charge on any atom is -0.450 e. The molecule has 0 bridgehead atoms. The lowest BCUT2D eigenvalue weighted by Gasteiger charge is -2.35. The zero-order valence-corrected chi connectivity index (χ0v) is 21.6. The molecular formula is C24H27N5O5S2. The molecule has 190 valence electrons. The molecule has 0 spiro atoms. The summed E-state index contributed by atoms with van der Waals surface area (Å²) in [6.07, 6.45) is 4.77. The van der Waals surface area contributed by atoms with Crippen LogP contribution >= 0.6 is 24.0 Å². The molecule has 3 aliphatic heterocycles. The number of rotatable bonds is 5. The van der Waals surface area contributed by atoms with Gasteiger partial charge in [-0.05, 0) is 38.0 Å². The number of anilines is 1. The van der Waals surface area contributed by atoms with Gasteiger partial charge in [0.1, 0.15) is 15.8 Å². The molecule has 3 fully saturated rings. The van der Waals surface area contributed by atoms with E-state index in [2.05, 4.69) is 0 Å². The number of thiocarbonyl (C=S) groups is 1. The van der Waals surface area contributed by atoms with Gasteiger partial charge in [0.05, 0.1) is 29.7 Å². The van der Waals surface area contributed by atoms with Gasteiger partial charge in [-0.15, -0.1) is 0 Å². The average molecular weight is 530 g/mol. The standard InChI is InChI=1S/C24H27N5O5S2/c1-2-33-23(32)27-11-9-26(10-12-27)20-17(21(30)28-8-4-3-7-19(28)25-20)14-18-22(31)29(24(35)36-18)15-16-6-5-13-34-16/h3-4,7-8,14,16H,2,5-6,9-13,15H2,1H3. The number of carbonyl (C=O) groups is 2. The van der Waals surface area contributed by atoms with Crippen LogP contribution in [0, 0.1) is 0 Å². The van der Waals surface area contributed by atoms with Crippen molar-refractivity contribution in [3.63, 3.8) is 0 Å². The minimum absolute atomic E-state index is 0.0222. The number of aromatic nitrogens is 2. The molecule has 0 aliphatic carbocycles. The summed E-state index contributed by atoms with van der Waals surface area (Å²) in [5.74, 6) is 0.259. The zero-order chi connectivity index (χ0) is 25.2. The van der Waals surface area contributed by atoms with Gasteiger partial charge in [0, 0.05) is 39.0 Å². The zero-order valence-electron chi connectivity index (χ0n) is 19.9. The molecule has 3 saturated heterocycles. The number of thioether (sulfide) groups is 1. The predicted molar refractivity (Wildman–Crippen MR) is 141 cm³/mol. The van der Waals surface area contributed by atoms with Crippen molar-refractivity contribution in [2.24, 2.45) is 0 Å². The molecule has 10 nitrogen and oxygen atoms in total. The number of fused-ring (bicyclic) bond motifs is 1. The smallest absolute Gasteiger partial charge is 0.409 e. The number of pyridine rings is 1. The van der Waals surface area contributed by atoms with E-state index in [1.807, 2.05) is 11.0 Å². The van der Waals surface area contributed by atoms with Gasteiger partial charge >= 0.3 is 6.09 Å². The molecule has 2 amide bonds. The Bertz CT molecular complexity index is 1280. The van der Waals surface area contributed by atoms with E-state index in [0.29, 0.717) is 72.2 Å². The minimum atomic E-state index is -0.348. The molecule has 12 heteroatoms. The van der Waals surface area contributed by atoms with Crippen molar-refractivity contribution in [3.05, 3.63) is 45.2 Å². The van der Waals surface area contributed by atoms with Gasteiger partial charge in [-0.3, -0.25) is 18.9 Å². The van der Waals surface area contributed by atoms with Crippen molar-refractivity contribution in [1.29, 1.82) is 0 Å². The first kappa shape index (κ1) is 24.7. The summed E-state index contributed by atoms with van der Waals surface area (Å²) in [5, 5.41) is 0. The van der Waals surface area contributed by atoms with E-state index in [1.54, 1.807) is 41.1 Å². The fourth-order valence-electron chi connectivity index (χ4n) is 4.55. The van der Waals surface area contributed by atoms with Crippen LogP contribution in [0.4, 0.5) is 10.6 Å².